The van der Waals surface area contributed by atoms with Gasteiger partial charge in [-0.05, 0) is 62.6 Å². The second kappa shape index (κ2) is 8.05. The van der Waals surface area contributed by atoms with Gasteiger partial charge in [0.05, 0.1) is 22.3 Å². The molecule has 2 amide bonds. The predicted octanol–water partition coefficient (Wildman–Crippen LogP) is 5.02. The molecule has 0 spiro atoms. The summed E-state index contributed by atoms with van der Waals surface area (Å²) < 4.78 is 0. The first-order valence-electron chi connectivity index (χ1n) is 9.49. The number of piperidine rings is 1. The Bertz CT molecular complexity index is 928. The number of thioether (sulfide) groups is 1. The van der Waals surface area contributed by atoms with Gasteiger partial charge in [0.15, 0.2) is 0 Å². The van der Waals surface area contributed by atoms with Crippen LogP contribution in [0.25, 0.3) is 0 Å². The molecule has 0 saturated carbocycles. The quantitative estimate of drug-likeness (QED) is 0.739. The van der Waals surface area contributed by atoms with Crippen LogP contribution in [0, 0.1) is 0 Å². The standard InChI is InChI=1S/C21H22ClN3O2S/c1-13-20(26)24-17-11-14(5-8-19(17)28-13)21(27)23-16-12-15(22)6-7-18(16)25-9-3-2-4-10-25/h5-8,11-13H,2-4,9-10H2,1H3,(H,23,27)(H,24,26)/t13-/m1/s1. The molecule has 7 heteroatoms. The number of amides is 2. The second-order valence-electron chi connectivity index (χ2n) is 7.12. The largest absolute Gasteiger partial charge is 0.370 e. The molecule has 2 N–H and O–H groups in total. The molecule has 2 heterocycles. The van der Waals surface area contributed by atoms with E-state index in [0.29, 0.717) is 22.0 Å². The van der Waals surface area contributed by atoms with Gasteiger partial charge in [0.1, 0.15) is 0 Å². The summed E-state index contributed by atoms with van der Waals surface area (Å²) in [6, 6.07) is 11.0. The number of rotatable bonds is 3. The lowest BCUT2D eigenvalue weighted by Crippen LogP contribution is -2.30. The van der Waals surface area contributed by atoms with E-state index >= 15 is 0 Å². The van der Waals surface area contributed by atoms with Crippen molar-refractivity contribution >= 4 is 52.2 Å². The smallest absolute Gasteiger partial charge is 0.255 e. The number of carbonyl (C=O) groups excluding carboxylic acids is 2. The topological polar surface area (TPSA) is 61.4 Å². The van der Waals surface area contributed by atoms with E-state index in [1.807, 2.05) is 25.1 Å². The zero-order valence-corrected chi connectivity index (χ0v) is 17.2. The number of halogens is 1. The van der Waals surface area contributed by atoms with E-state index in [2.05, 4.69) is 15.5 Å². The van der Waals surface area contributed by atoms with E-state index in [1.54, 1.807) is 18.2 Å². The Balaban J connectivity index is 1.58. The Morgan fingerprint density at radius 1 is 1.18 bits per heavy atom. The highest BCUT2D eigenvalue weighted by molar-refractivity contribution is 8.00. The Hall–Kier alpha value is -2.18. The van der Waals surface area contributed by atoms with E-state index in [4.69, 9.17) is 11.6 Å². The van der Waals surface area contributed by atoms with E-state index in [9.17, 15) is 9.59 Å². The number of hydrogen-bond acceptors (Lipinski definition) is 4. The van der Waals surface area contributed by atoms with Crippen molar-refractivity contribution in [2.45, 2.75) is 36.3 Å². The van der Waals surface area contributed by atoms with Gasteiger partial charge in [-0.25, -0.2) is 0 Å². The average molecular weight is 416 g/mol. The first kappa shape index (κ1) is 19.2. The van der Waals surface area contributed by atoms with Crippen LogP contribution in [0.15, 0.2) is 41.3 Å². The fourth-order valence-electron chi connectivity index (χ4n) is 3.56. The first-order chi connectivity index (χ1) is 13.5. The molecular weight excluding hydrogens is 394 g/mol. The summed E-state index contributed by atoms with van der Waals surface area (Å²) in [4.78, 5) is 28.1. The van der Waals surface area contributed by atoms with Gasteiger partial charge >= 0.3 is 0 Å². The van der Waals surface area contributed by atoms with Crippen molar-refractivity contribution in [1.82, 2.24) is 0 Å². The van der Waals surface area contributed by atoms with Crippen molar-refractivity contribution in [2.75, 3.05) is 28.6 Å². The molecule has 0 bridgehead atoms. The third-order valence-corrected chi connectivity index (χ3v) is 6.49. The maximum absolute atomic E-state index is 12.9. The number of fused-ring (bicyclic) bond motifs is 1. The summed E-state index contributed by atoms with van der Waals surface area (Å²) in [7, 11) is 0. The van der Waals surface area contributed by atoms with E-state index in [1.165, 1.54) is 18.2 Å². The molecule has 2 aliphatic rings. The first-order valence-corrected chi connectivity index (χ1v) is 10.7. The lowest BCUT2D eigenvalue weighted by atomic mass is 10.1. The highest BCUT2D eigenvalue weighted by atomic mass is 35.5. The minimum atomic E-state index is -0.221. The molecule has 1 fully saturated rings. The number of nitrogens with one attached hydrogen (secondary N) is 2. The lowest BCUT2D eigenvalue weighted by molar-refractivity contribution is -0.115. The van der Waals surface area contributed by atoms with Crippen LogP contribution in [0.3, 0.4) is 0 Å². The average Bonchev–Trinajstić information content (AvgIpc) is 2.69. The summed E-state index contributed by atoms with van der Waals surface area (Å²) in [5, 5.41) is 6.33. The molecule has 146 valence electrons. The molecule has 2 aromatic carbocycles. The van der Waals surface area contributed by atoms with E-state index in [0.717, 1.165) is 36.5 Å². The molecule has 2 aliphatic heterocycles. The zero-order chi connectivity index (χ0) is 19.7. The minimum absolute atomic E-state index is 0.0442. The van der Waals surface area contributed by atoms with Gasteiger partial charge in [0.25, 0.3) is 5.91 Å². The lowest BCUT2D eigenvalue weighted by Gasteiger charge is -2.30. The summed E-state index contributed by atoms with van der Waals surface area (Å²) in [6.07, 6.45) is 3.54. The highest BCUT2D eigenvalue weighted by Crippen LogP contribution is 2.36. The molecule has 2 aromatic rings. The van der Waals surface area contributed by atoms with Crippen molar-refractivity contribution in [3.05, 3.63) is 47.0 Å². The molecular formula is C21H22ClN3O2S. The van der Waals surface area contributed by atoms with Crippen LogP contribution in [0.1, 0.15) is 36.5 Å². The van der Waals surface area contributed by atoms with Gasteiger partial charge in [-0.2, -0.15) is 0 Å². The Labute approximate surface area is 173 Å². The molecule has 0 aliphatic carbocycles. The predicted molar refractivity (Wildman–Crippen MR) is 116 cm³/mol. The molecule has 1 saturated heterocycles. The molecule has 28 heavy (non-hydrogen) atoms. The van der Waals surface area contributed by atoms with Gasteiger partial charge in [-0.15, -0.1) is 11.8 Å². The second-order valence-corrected chi connectivity index (χ2v) is 8.94. The Morgan fingerprint density at radius 2 is 1.96 bits per heavy atom. The van der Waals surface area contributed by atoms with Crippen LogP contribution in [-0.2, 0) is 4.79 Å². The third kappa shape index (κ3) is 3.98. The summed E-state index contributed by atoms with van der Waals surface area (Å²) in [6.45, 7) is 3.82. The maximum atomic E-state index is 12.9. The summed E-state index contributed by atoms with van der Waals surface area (Å²) in [5.74, 6) is -0.265. The van der Waals surface area contributed by atoms with Crippen molar-refractivity contribution in [1.29, 1.82) is 0 Å². The number of carbonyl (C=O) groups is 2. The van der Waals surface area contributed by atoms with Gasteiger partial charge in [0.2, 0.25) is 5.91 Å². The van der Waals surface area contributed by atoms with Crippen LogP contribution in [0.5, 0.6) is 0 Å². The van der Waals surface area contributed by atoms with Crippen molar-refractivity contribution < 1.29 is 9.59 Å². The summed E-state index contributed by atoms with van der Waals surface area (Å²) in [5.41, 5.74) is 2.89. The maximum Gasteiger partial charge on any atom is 0.255 e. The Morgan fingerprint density at radius 3 is 2.75 bits per heavy atom. The molecule has 0 unspecified atom stereocenters. The SMILES string of the molecule is C[C@H]1Sc2ccc(C(=O)Nc3cc(Cl)ccc3N3CCCCC3)cc2NC1=O. The molecule has 0 aromatic heterocycles. The number of hydrogen-bond donors (Lipinski definition) is 2. The number of benzene rings is 2. The molecule has 0 radical (unpaired) electrons. The van der Waals surface area contributed by atoms with Crippen LogP contribution < -0.4 is 15.5 Å². The van der Waals surface area contributed by atoms with Gasteiger partial charge in [-0.1, -0.05) is 11.6 Å². The fourth-order valence-corrected chi connectivity index (χ4v) is 4.67. The van der Waals surface area contributed by atoms with Crippen molar-refractivity contribution in [2.24, 2.45) is 0 Å². The molecule has 1 atom stereocenters. The van der Waals surface area contributed by atoms with E-state index in [-0.39, 0.29) is 17.1 Å². The monoisotopic (exact) mass is 415 g/mol. The Kier molecular flexibility index (Phi) is 5.51. The van der Waals surface area contributed by atoms with Crippen molar-refractivity contribution in [3.8, 4) is 0 Å². The number of anilines is 3. The summed E-state index contributed by atoms with van der Waals surface area (Å²) >= 11 is 7.69. The van der Waals surface area contributed by atoms with E-state index < -0.39 is 0 Å². The van der Waals surface area contributed by atoms with Gasteiger partial charge in [0, 0.05) is 28.6 Å². The minimum Gasteiger partial charge on any atom is -0.370 e. The van der Waals surface area contributed by atoms with Crippen LogP contribution in [-0.4, -0.2) is 30.2 Å². The highest BCUT2D eigenvalue weighted by Gasteiger charge is 2.24. The molecule has 5 nitrogen and oxygen atoms in total. The van der Waals surface area contributed by atoms with Crippen LogP contribution in [0.4, 0.5) is 17.1 Å². The number of nitrogens with zero attached hydrogens (tertiary/aromatic N) is 1. The van der Waals surface area contributed by atoms with Gasteiger partial charge < -0.3 is 15.5 Å². The van der Waals surface area contributed by atoms with Crippen molar-refractivity contribution in [3.63, 3.8) is 0 Å². The van der Waals surface area contributed by atoms with Gasteiger partial charge in [-0.3, -0.25) is 9.59 Å². The third-order valence-electron chi connectivity index (χ3n) is 5.08. The fraction of sp³-hybridized carbons (Fsp3) is 0.333. The van der Waals surface area contributed by atoms with Crippen LogP contribution >= 0.6 is 23.4 Å². The molecule has 4 rings (SSSR count). The van der Waals surface area contributed by atoms with Crippen LogP contribution in [0.2, 0.25) is 5.02 Å². The zero-order valence-electron chi connectivity index (χ0n) is 15.6. The normalized spacial score (nSPS) is 19.0.